The third-order valence-electron chi connectivity index (χ3n) is 6.01. The normalized spacial score (nSPS) is 44.8. The van der Waals surface area contributed by atoms with Gasteiger partial charge in [0.15, 0.2) is 0 Å². The standard InChI is InChI=1S/C17H24N2O/c1-12-15-16(13-8-5-4-6-9-13)19(3)20-17(15)11-7-10-14(17)18(12)2/h4-6,8-9,12,14-16H,7,10-11H2,1-3H3. The van der Waals surface area contributed by atoms with Crippen LogP contribution in [-0.2, 0) is 4.84 Å². The fourth-order valence-electron chi connectivity index (χ4n) is 5.18. The lowest BCUT2D eigenvalue weighted by molar-refractivity contribution is -0.198. The quantitative estimate of drug-likeness (QED) is 0.782. The van der Waals surface area contributed by atoms with Crippen LogP contribution >= 0.6 is 0 Å². The lowest BCUT2D eigenvalue weighted by Crippen LogP contribution is -2.42. The molecule has 4 rings (SSSR count). The summed E-state index contributed by atoms with van der Waals surface area (Å²) in [5, 5.41) is 2.14. The van der Waals surface area contributed by atoms with Crippen molar-refractivity contribution in [1.29, 1.82) is 0 Å². The first-order valence-corrected chi connectivity index (χ1v) is 7.84. The number of hydrogen-bond acceptors (Lipinski definition) is 3. The Morgan fingerprint density at radius 3 is 2.70 bits per heavy atom. The van der Waals surface area contributed by atoms with Crippen LogP contribution in [0.2, 0.25) is 0 Å². The zero-order valence-electron chi connectivity index (χ0n) is 12.6. The Labute approximate surface area is 121 Å². The highest BCUT2D eigenvalue weighted by molar-refractivity contribution is 5.27. The third-order valence-corrected chi connectivity index (χ3v) is 6.01. The molecule has 0 radical (unpaired) electrons. The summed E-state index contributed by atoms with van der Waals surface area (Å²) in [7, 11) is 4.40. The van der Waals surface area contributed by atoms with Crippen LogP contribution in [0.4, 0.5) is 0 Å². The topological polar surface area (TPSA) is 15.7 Å². The molecule has 2 aliphatic heterocycles. The molecule has 3 aliphatic rings. The first kappa shape index (κ1) is 12.8. The molecule has 5 atom stereocenters. The van der Waals surface area contributed by atoms with Gasteiger partial charge in [-0.05, 0) is 38.8 Å². The van der Waals surface area contributed by atoms with E-state index in [4.69, 9.17) is 4.84 Å². The number of nitrogens with zero attached hydrogens (tertiary/aromatic N) is 2. The van der Waals surface area contributed by atoms with Gasteiger partial charge in [0.1, 0.15) is 5.60 Å². The van der Waals surface area contributed by atoms with Gasteiger partial charge in [-0.2, -0.15) is 5.06 Å². The van der Waals surface area contributed by atoms with E-state index in [1.807, 2.05) is 0 Å². The van der Waals surface area contributed by atoms with E-state index < -0.39 is 0 Å². The predicted molar refractivity (Wildman–Crippen MR) is 79.1 cm³/mol. The highest BCUT2D eigenvalue weighted by Crippen LogP contribution is 2.59. The molecule has 2 heterocycles. The van der Waals surface area contributed by atoms with Gasteiger partial charge in [-0.3, -0.25) is 9.74 Å². The molecule has 3 fully saturated rings. The van der Waals surface area contributed by atoms with E-state index in [-0.39, 0.29) is 5.60 Å². The molecule has 0 amide bonds. The van der Waals surface area contributed by atoms with Crippen LogP contribution in [0.25, 0.3) is 0 Å². The van der Waals surface area contributed by atoms with E-state index in [0.29, 0.717) is 24.0 Å². The molecule has 3 nitrogen and oxygen atoms in total. The van der Waals surface area contributed by atoms with Gasteiger partial charge in [0, 0.05) is 25.0 Å². The molecule has 5 unspecified atom stereocenters. The zero-order valence-corrected chi connectivity index (χ0v) is 12.6. The maximum atomic E-state index is 6.50. The van der Waals surface area contributed by atoms with Crippen LogP contribution in [0.1, 0.15) is 37.8 Å². The van der Waals surface area contributed by atoms with Crippen molar-refractivity contribution in [2.45, 2.75) is 49.9 Å². The average Bonchev–Trinajstić information content (AvgIpc) is 3.04. The number of hydrogen-bond donors (Lipinski definition) is 0. The monoisotopic (exact) mass is 272 g/mol. The van der Waals surface area contributed by atoms with Crippen molar-refractivity contribution in [1.82, 2.24) is 9.96 Å². The smallest absolute Gasteiger partial charge is 0.112 e. The summed E-state index contributed by atoms with van der Waals surface area (Å²) in [6.07, 6.45) is 3.80. The Balaban J connectivity index is 1.79. The number of rotatable bonds is 1. The van der Waals surface area contributed by atoms with Crippen molar-refractivity contribution in [2.24, 2.45) is 5.92 Å². The van der Waals surface area contributed by atoms with Crippen molar-refractivity contribution < 1.29 is 4.84 Å². The van der Waals surface area contributed by atoms with Crippen molar-refractivity contribution in [3.05, 3.63) is 35.9 Å². The van der Waals surface area contributed by atoms with Crippen molar-refractivity contribution >= 4 is 0 Å². The molecule has 20 heavy (non-hydrogen) atoms. The van der Waals surface area contributed by atoms with Crippen LogP contribution in [0, 0.1) is 5.92 Å². The van der Waals surface area contributed by atoms with Gasteiger partial charge >= 0.3 is 0 Å². The molecule has 1 saturated carbocycles. The number of likely N-dealkylation sites (tertiary alicyclic amines) is 1. The molecule has 1 spiro atoms. The molecular weight excluding hydrogens is 248 g/mol. The van der Waals surface area contributed by atoms with Crippen LogP contribution < -0.4 is 0 Å². The van der Waals surface area contributed by atoms with Crippen molar-refractivity contribution in [3.63, 3.8) is 0 Å². The summed E-state index contributed by atoms with van der Waals surface area (Å²) < 4.78 is 0. The summed E-state index contributed by atoms with van der Waals surface area (Å²) >= 11 is 0. The van der Waals surface area contributed by atoms with Gasteiger partial charge in [0.05, 0.1) is 6.04 Å². The highest BCUT2D eigenvalue weighted by Gasteiger charge is 2.67. The second-order valence-corrected chi connectivity index (χ2v) is 6.79. The van der Waals surface area contributed by atoms with Crippen molar-refractivity contribution in [3.8, 4) is 0 Å². The van der Waals surface area contributed by atoms with Gasteiger partial charge in [-0.15, -0.1) is 0 Å². The minimum atomic E-state index is 0.0590. The van der Waals surface area contributed by atoms with Crippen LogP contribution in [0.3, 0.4) is 0 Å². The third kappa shape index (κ3) is 1.46. The first-order valence-electron chi connectivity index (χ1n) is 7.84. The Hall–Kier alpha value is -0.900. The Kier molecular flexibility index (Phi) is 2.75. The highest BCUT2D eigenvalue weighted by atomic mass is 16.7. The van der Waals surface area contributed by atoms with Gasteiger partial charge in [0.25, 0.3) is 0 Å². The summed E-state index contributed by atoms with van der Waals surface area (Å²) in [4.78, 5) is 9.07. The fourth-order valence-corrected chi connectivity index (χ4v) is 5.18. The summed E-state index contributed by atoms with van der Waals surface area (Å²) in [5.41, 5.74) is 1.45. The SMILES string of the molecule is CC1C2C(c3ccccc3)N(C)OC23CCCC3N1C. The maximum absolute atomic E-state index is 6.50. The van der Waals surface area contributed by atoms with E-state index in [1.54, 1.807) is 0 Å². The van der Waals surface area contributed by atoms with E-state index in [2.05, 4.69) is 61.3 Å². The second kappa shape index (κ2) is 4.30. The van der Waals surface area contributed by atoms with Crippen LogP contribution in [-0.4, -0.2) is 41.7 Å². The van der Waals surface area contributed by atoms with Crippen molar-refractivity contribution in [2.75, 3.05) is 14.1 Å². The molecule has 1 aromatic carbocycles. The van der Waals surface area contributed by atoms with Gasteiger partial charge in [-0.1, -0.05) is 30.3 Å². The lowest BCUT2D eigenvalue weighted by atomic mass is 9.78. The first-order chi connectivity index (χ1) is 9.65. The zero-order chi connectivity index (χ0) is 13.9. The minimum Gasteiger partial charge on any atom is -0.297 e. The molecule has 1 aliphatic carbocycles. The van der Waals surface area contributed by atoms with E-state index >= 15 is 0 Å². The fraction of sp³-hybridized carbons (Fsp3) is 0.647. The van der Waals surface area contributed by atoms with E-state index in [1.165, 1.54) is 24.8 Å². The van der Waals surface area contributed by atoms with Crippen LogP contribution in [0.5, 0.6) is 0 Å². The molecule has 108 valence electrons. The average molecular weight is 272 g/mol. The molecule has 0 N–H and O–H groups in total. The number of hydroxylamine groups is 2. The summed E-state index contributed by atoms with van der Waals surface area (Å²) in [6.45, 7) is 2.38. The molecular formula is C17H24N2O. The summed E-state index contributed by atoms with van der Waals surface area (Å²) in [5.74, 6) is 0.576. The second-order valence-electron chi connectivity index (χ2n) is 6.79. The predicted octanol–water partition coefficient (Wildman–Crippen LogP) is 2.85. The molecule has 2 saturated heterocycles. The molecule has 3 heteroatoms. The van der Waals surface area contributed by atoms with E-state index in [0.717, 1.165) is 0 Å². The molecule has 1 aromatic rings. The lowest BCUT2D eigenvalue weighted by Gasteiger charge is -2.30. The minimum absolute atomic E-state index is 0.0590. The number of benzene rings is 1. The molecule has 0 bridgehead atoms. The van der Waals surface area contributed by atoms with Crippen LogP contribution in [0.15, 0.2) is 30.3 Å². The Bertz CT molecular complexity index is 505. The molecule has 0 aromatic heterocycles. The Morgan fingerprint density at radius 1 is 1.20 bits per heavy atom. The Morgan fingerprint density at radius 2 is 1.95 bits per heavy atom. The van der Waals surface area contributed by atoms with Gasteiger partial charge in [0.2, 0.25) is 0 Å². The van der Waals surface area contributed by atoms with Gasteiger partial charge < -0.3 is 0 Å². The van der Waals surface area contributed by atoms with Gasteiger partial charge in [-0.25, -0.2) is 0 Å². The van der Waals surface area contributed by atoms with E-state index in [9.17, 15) is 0 Å². The maximum Gasteiger partial charge on any atom is 0.112 e. The largest absolute Gasteiger partial charge is 0.297 e. The number of likely N-dealkylation sites (N-methyl/N-ethyl adjacent to an activating group) is 1. The summed E-state index contributed by atoms with van der Waals surface area (Å²) in [6, 6.07) is 12.4.